The van der Waals surface area contributed by atoms with Crippen LogP contribution in [0.2, 0.25) is 5.02 Å². The van der Waals surface area contributed by atoms with Crippen LogP contribution in [-0.2, 0) is 0 Å². The minimum atomic E-state index is 0.175. The third-order valence-electron chi connectivity index (χ3n) is 3.51. The van der Waals surface area contributed by atoms with E-state index >= 15 is 0 Å². The van der Waals surface area contributed by atoms with E-state index in [4.69, 9.17) is 11.6 Å². The number of nitrogens with zero attached hydrogens (tertiary/aromatic N) is 1. The van der Waals surface area contributed by atoms with E-state index in [1.165, 1.54) is 11.4 Å². The van der Waals surface area contributed by atoms with Crippen LogP contribution in [0.1, 0.15) is 18.2 Å². The SMILES string of the molecule is CN1C2=C(CNCC2)NC1c1ccccc1Cl. The Morgan fingerprint density at radius 1 is 1.35 bits per heavy atom. The van der Waals surface area contributed by atoms with Gasteiger partial charge < -0.3 is 15.5 Å². The van der Waals surface area contributed by atoms with Crippen LogP contribution in [-0.4, -0.2) is 25.0 Å². The van der Waals surface area contributed by atoms with Gasteiger partial charge in [0, 0.05) is 48.5 Å². The highest BCUT2D eigenvalue weighted by atomic mass is 35.5. The van der Waals surface area contributed by atoms with E-state index < -0.39 is 0 Å². The first-order valence-corrected chi connectivity index (χ1v) is 6.31. The number of benzene rings is 1. The summed E-state index contributed by atoms with van der Waals surface area (Å²) in [7, 11) is 2.13. The van der Waals surface area contributed by atoms with Gasteiger partial charge in [0.25, 0.3) is 0 Å². The van der Waals surface area contributed by atoms with Crippen LogP contribution >= 0.6 is 11.6 Å². The van der Waals surface area contributed by atoms with Gasteiger partial charge in [-0.15, -0.1) is 0 Å². The number of hydrogen-bond donors (Lipinski definition) is 2. The molecule has 1 atom stereocenters. The molecule has 0 aromatic heterocycles. The van der Waals surface area contributed by atoms with E-state index in [0.29, 0.717) is 0 Å². The maximum absolute atomic E-state index is 6.27. The zero-order valence-electron chi connectivity index (χ0n) is 9.83. The Hall–Kier alpha value is -1.19. The summed E-state index contributed by atoms with van der Waals surface area (Å²) >= 11 is 6.27. The Balaban J connectivity index is 1.91. The molecule has 0 amide bonds. The Bertz CT molecular complexity index is 469. The van der Waals surface area contributed by atoms with Gasteiger partial charge in [0.15, 0.2) is 0 Å². The number of rotatable bonds is 1. The number of hydrogen-bond acceptors (Lipinski definition) is 3. The summed E-state index contributed by atoms with van der Waals surface area (Å²) in [4.78, 5) is 2.30. The highest BCUT2D eigenvalue weighted by Crippen LogP contribution is 2.34. The van der Waals surface area contributed by atoms with Crippen molar-refractivity contribution in [1.82, 2.24) is 15.5 Å². The average Bonchev–Trinajstić information content (AvgIpc) is 2.68. The number of halogens is 1. The van der Waals surface area contributed by atoms with Gasteiger partial charge in [-0.2, -0.15) is 0 Å². The van der Waals surface area contributed by atoms with Crippen molar-refractivity contribution in [3.8, 4) is 0 Å². The largest absolute Gasteiger partial charge is 0.362 e. The van der Waals surface area contributed by atoms with Gasteiger partial charge in [0.2, 0.25) is 0 Å². The van der Waals surface area contributed by atoms with E-state index in [-0.39, 0.29) is 6.17 Å². The van der Waals surface area contributed by atoms with Crippen molar-refractivity contribution in [3.05, 3.63) is 46.2 Å². The lowest BCUT2D eigenvalue weighted by molar-refractivity contribution is 0.310. The number of nitrogens with one attached hydrogen (secondary N) is 2. The fourth-order valence-corrected chi connectivity index (χ4v) is 2.84. The summed E-state index contributed by atoms with van der Waals surface area (Å²) in [6, 6.07) is 8.03. The van der Waals surface area contributed by atoms with Crippen molar-refractivity contribution >= 4 is 11.6 Å². The fraction of sp³-hybridized carbons (Fsp3) is 0.385. The highest BCUT2D eigenvalue weighted by molar-refractivity contribution is 6.31. The second-order valence-corrected chi connectivity index (χ2v) is 4.94. The van der Waals surface area contributed by atoms with Crippen molar-refractivity contribution < 1.29 is 0 Å². The highest BCUT2D eigenvalue weighted by Gasteiger charge is 2.31. The van der Waals surface area contributed by atoms with E-state index in [1.807, 2.05) is 18.2 Å². The molecule has 1 unspecified atom stereocenters. The van der Waals surface area contributed by atoms with Crippen LogP contribution < -0.4 is 10.6 Å². The quantitative estimate of drug-likeness (QED) is 0.798. The van der Waals surface area contributed by atoms with Gasteiger partial charge in [0.1, 0.15) is 6.17 Å². The molecule has 2 aliphatic rings. The molecule has 0 radical (unpaired) electrons. The standard InChI is InChI=1S/C13H16ClN3/c1-17-12-6-7-15-8-11(12)16-13(17)9-4-2-3-5-10(9)14/h2-5,13,15-16H,6-8H2,1H3. The maximum Gasteiger partial charge on any atom is 0.126 e. The molecule has 0 saturated carbocycles. The van der Waals surface area contributed by atoms with Crippen LogP contribution in [0.25, 0.3) is 0 Å². The monoisotopic (exact) mass is 249 g/mol. The molecule has 0 aliphatic carbocycles. The summed E-state index contributed by atoms with van der Waals surface area (Å²) in [5, 5.41) is 7.77. The molecule has 3 nitrogen and oxygen atoms in total. The van der Waals surface area contributed by atoms with Crippen LogP contribution in [0.5, 0.6) is 0 Å². The zero-order valence-corrected chi connectivity index (χ0v) is 10.6. The van der Waals surface area contributed by atoms with E-state index in [0.717, 1.165) is 30.1 Å². The molecule has 1 aromatic rings. The molecule has 0 fully saturated rings. The molecule has 0 saturated heterocycles. The minimum absolute atomic E-state index is 0.175. The van der Waals surface area contributed by atoms with Gasteiger partial charge in [0.05, 0.1) is 0 Å². The first-order valence-electron chi connectivity index (χ1n) is 5.94. The molecular weight excluding hydrogens is 234 g/mol. The van der Waals surface area contributed by atoms with Crippen LogP contribution in [0, 0.1) is 0 Å². The summed E-state index contributed by atoms with van der Waals surface area (Å²) in [5.41, 5.74) is 3.86. The van der Waals surface area contributed by atoms with Gasteiger partial charge in [-0.25, -0.2) is 0 Å². The maximum atomic E-state index is 6.27. The Kier molecular flexibility index (Phi) is 2.73. The molecule has 2 aliphatic heterocycles. The second-order valence-electron chi connectivity index (χ2n) is 4.53. The fourth-order valence-electron chi connectivity index (χ4n) is 2.60. The summed E-state index contributed by atoms with van der Waals surface area (Å²) in [6.07, 6.45) is 1.26. The average molecular weight is 250 g/mol. The first-order chi connectivity index (χ1) is 8.27. The molecule has 2 heterocycles. The molecular formula is C13H16ClN3. The lowest BCUT2D eigenvalue weighted by Gasteiger charge is -2.26. The zero-order chi connectivity index (χ0) is 11.8. The van der Waals surface area contributed by atoms with Crippen LogP contribution in [0.3, 0.4) is 0 Å². The Morgan fingerprint density at radius 3 is 2.94 bits per heavy atom. The Labute approximate surface area is 106 Å². The predicted octanol–water partition coefficient (Wildman–Crippen LogP) is 2.08. The summed E-state index contributed by atoms with van der Waals surface area (Å²) in [6.45, 7) is 1.99. The smallest absolute Gasteiger partial charge is 0.126 e. The van der Waals surface area contributed by atoms with Crippen LogP contribution in [0.15, 0.2) is 35.7 Å². The van der Waals surface area contributed by atoms with Crippen molar-refractivity contribution in [2.75, 3.05) is 20.1 Å². The molecule has 3 rings (SSSR count). The van der Waals surface area contributed by atoms with Gasteiger partial charge in [-0.1, -0.05) is 29.8 Å². The Morgan fingerprint density at radius 2 is 2.18 bits per heavy atom. The topological polar surface area (TPSA) is 27.3 Å². The van der Waals surface area contributed by atoms with Crippen molar-refractivity contribution in [1.29, 1.82) is 0 Å². The molecule has 17 heavy (non-hydrogen) atoms. The third kappa shape index (κ3) is 1.79. The van der Waals surface area contributed by atoms with Gasteiger partial charge >= 0.3 is 0 Å². The lowest BCUT2D eigenvalue weighted by Crippen LogP contribution is -2.28. The molecule has 2 N–H and O–H groups in total. The minimum Gasteiger partial charge on any atom is -0.362 e. The molecule has 0 spiro atoms. The summed E-state index contributed by atoms with van der Waals surface area (Å²) in [5.74, 6) is 0. The molecule has 0 bridgehead atoms. The summed E-state index contributed by atoms with van der Waals surface area (Å²) < 4.78 is 0. The normalized spacial score (nSPS) is 23.6. The first kappa shape index (κ1) is 10.9. The van der Waals surface area contributed by atoms with Gasteiger partial charge in [-0.3, -0.25) is 0 Å². The second kappa shape index (κ2) is 4.24. The van der Waals surface area contributed by atoms with Gasteiger partial charge in [-0.05, 0) is 6.07 Å². The molecule has 90 valence electrons. The van der Waals surface area contributed by atoms with E-state index in [1.54, 1.807) is 0 Å². The van der Waals surface area contributed by atoms with Crippen molar-refractivity contribution in [2.45, 2.75) is 12.6 Å². The van der Waals surface area contributed by atoms with Crippen LogP contribution in [0.4, 0.5) is 0 Å². The predicted molar refractivity (Wildman–Crippen MR) is 69.6 cm³/mol. The molecule has 4 heteroatoms. The molecule has 1 aromatic carbocycles. The van der Waals surface area contributed by atoms with E-state index in [2.05, 4.69) is 28.6 Å². The van der Waals surface area contributed by atoms with E-state index in [9.17, 15) is 0 Å². The third-order valence-corrected chi connectivity index (χ3v) is 3.86. The van der Waals surface area contributed by atoms with Crippen molar-refractivity contribution in [2.24, 2.45) is 0 Å². The lowest BCUT2D eigenvalue weighted by atomic mass is 10.1. The van der Waals surface area contributed by atoms with Crippen molar-refractivity contribution in [3.63, 3.8) is 0 Å².